The predicted molar refractivity (Wildman–Crippen MR) is 63.0 cm³/mol. The van der Waals surface area contributed by atoms with Crippen LogP contribution in [0.1, 0.15) is 24.0 Å². The number of rotatable bonds is 1. The van der Waals surface area contributed by atoms with Crippen molar-refractivity contribution in [2.24, 2.45) is 0 Å². The third-order valence-corrected chi connectivity index (χ3v) is 3.25. The third kappa shape index (κ3) is 2.59. The van der Waals surface area contributed by atoms with E-state index in [2.05, 4.69) is 0 Å². The number of nitro groups is 1. The van der Waals surface area contributed by atoms with E-state index in [1.165, 1.54) is 18.2 Å². The fourth-order valence-electron chi connectivity index (χ4n) is 2.36. The molecule has 8 heteroatoms. The lowest BCUT2D eigenvalue weighted by Gasteiger charge is -2.33. The van der Waals surface area contributed by atoms with Crippen molar-refractivity contribution in [3.8, 4) is 0 Å². The molecule has 1 atom stereocenters. The first-order valence-electron chi connectivity index (χ1n) is 5.83. The summed E-state index contributed by atoms with van der Waals surface area (Å²) < 4.78 is 37.3. The summed E-state index contributed by atoms with van der Waals surface area (Å²) >= 11 is 0. The summed E-state index contributed by atoms with van der Waals surface area (Å²) in [5.74, 6) is -2.22. The summed E-state index contributed by atoms with van der Waals surface area (Å²) in [6.45, 7) is 1.36. The molecule has 0 bridgehead atoms. The van der Waals surface area contributed by atoms with Gasteiger partial charge in [-0.3, -0.25) is 14.9 Å². The van der Waals surface area contributed by atoms with Crippen molar-refractivity contribution < 1.29 is 22.9 Å². The SMILES string of the molecule is CC1CN(C(=O)C(F)(F)F)Cc2cc([N+](=O)[O-])ccc21. The van der Waals surface area contributed by atoms with Crippen LogP contribution in [0.4, 0.5) is 18.9 Å². The van der Waals surface area contributed by atoms with Crippen molar-refractivity contribution in [2.75, 3.05) is 6.54 Å². The Bertz CT molecular complexity index is 572. The fourth-order valence-corrected chi connectivity index (χ4v) is 2.36. The Hall–Kier alpha value is -2.12. The molecule has 1 heterocycles. The summed E-state index contributed by atoms with van der Waals surface area (Å²) in [4.78, 5) is 22.0. The second-order valence-electron chi connectivity index (χ2n) is 4.72. The van der Waals surface area contributed by atoms with E-state index in [1.807, 2.05) is 0 Å². The first kappa shape index (κ1) is 14.3. The lowest BCUT2D eigenvalue weighted by Crippen LogP contribution is -2.44. The second-order valence-corrected chi connectivity index (χ2v) is 4.72. The number of carbonyl (C=O) groups excluding carboxylic acids is 1. The number of alkyl halides is 3. The Kier molecular flexibility index (Phi) is 3.41. The van der Waals surface area contributed by atoms with E-state index in [4.69, 9.17) is 0 Å². The molecule has 0 saturated heterocycles. The zero-order valence-electron chi connectivity index (χ0n) is 10.5. The van der Waals surface area contributed by atoms with Crippen molar-refractivity contribution in [1.29, 1.82) is 0 Å². The van der Waals surface area contributed by atoms with Crippen LogP contribution in [0.25, 0.3) is 0 Å². The zero-order valence-corrected chi connectivity index (χ0v) is 10.5. The summed E-state index contributed by atoms with van der Waals surface area (Å²) in [6, 6.07) is 4.08. The molecule has 0 spiro atoms. The lowest BCUT2D eigenvalue weighted by molar-refractivity contribution is -0.385. The Morgan fingerprint density at radius 3 is 2.65 bits per heavy atom. The molecule has 20 heavy (non-hydrogen) atoms. The molecular weight excluding hydrogens is 277 g/mol. The number of non-ortho nitro benzene ring substituents is 1. The molecule has 0 radical (unpaired) electrons. The van der Waals surface area contributed by atoms with Crippen molar-refractivity contribution in [3.63, 3.8) is 0 Å². The molecule has 0 saturated carbocycles. The minimum atomic E-state index is -4.93. The molecule has 1 aliphatic heterocycles. The van der Waals surface area contributed by atoms with Gasteiger partial charge in [-0.15, -0.1) is 0 Å². The van der Waals surface area contributed by atoms with E-state index in [1.54, 1.807) is 6.92 Å². The summed E-state index contributed by atoms with van der Waals surface area (Å²) in [7, 11) is 0. The van der Waals surface area contributed by atoms with Crippen molar-refractivity contribution in [2.45, 2.75) is 25.6 Å². The maximum atomic E-state index is 12.4. The molecule has 0 aromatic heterocycles. The van der Waals surface area contributed by atoms with E-state index in [0.717, 1.165) is 5.56 Å². The van der Waals surface area contributed by atoms with Gasteiger partial charge in [0, 0.05) is 25.2 Å². The topological polar surface area (TPSA) is 63.5 Å². The average Bonchev–Trinajstić information content (AvgIpc) is 2.35. The van der Waals surface area contributed by atoms with Gasteiger partial charge in [-0.25, -0.2) is 0 Å². The van der Waals surface area contributed by atoms with Crippen LogP contribution in [0.5, 0.6) is 0 Å². The van der Waals surface area contributed by atoms with Crippen LogP contribution in [-0.2, 0) is 11.3 Å². The third-order valence-electron chi connectivity index (χ3n) is 3.25. The highest BCUT2D eigenvalue weighted by molar-refractivity contribution is 5.82. The lowest BCUT2D eigenvalue weighted by atomic mass is 9.90. The molecule has 0 N–H and O–H groups in total. The van der Waals surface area contributed by atoms with Crippen LogP contribution < -0.4 is 0 Å². The largest absolute Gasteiger partial charge is 0.471 e. The average molecular weight is 288 g/mol. The van der Waals surface area contributed by atoms with Gasteiger partial charge >= 0.3 is 12.1 Å². The maximum Gasteiger partial charge on any atom is 0.471 e. The number of fused-ring (bicyclic) bond motifs is 1. The van der Waals surface area contributed by atoms with Gasteiger partial charge in [0.2, 0.25) is 0 Å². The number of carbonyl (C=O) groups is 1. The maximum absolute atomic E-state index is 12.4. The van der Waals surface area contributed by atoms with E-state index in [-0.39, 0.29) is 24.7 Å². The molecule has 2 rings (SSSR count). The normalized spacial score (nSPS) is 18.6. The van der Waals surface area contributed by atoms with Crippen LogP contribution in [-0.4, -0.2) is 28.5 Å². The zero-order chi connectivity index (χ0) is 15.1. The van der Waals surface area contributed by atoms with Gasteiger partial charge < -0.3 is 4.90 Å². The van der Waals surface area contributed by atoms with Crippen LogP contribution in [0.15, 0.2) is 18.2 Å². The number of nitro benzene ring substituents is 1. The van der Waals surface area contributed by atoms with Gasteiger partial charge in [-0.1, -0.05) is 13.0 Å². The first-order valence-corrected chi connectivity index (χ1v) is 5.83. The number of halogens is 3. The molecule has 0 fully saturated rings. The van der Waals surface area contributed by atoms with Gasteiger partial charge in [0.1, 0.15) is 0 Å². The summed E-state index contributed by atoms with van der Waals surface area (Å²) in [5.41, 5.74) is 0.926. The quantitative estimate of drug-likeness (QED) is 0.589. The van der Waals surface area contributed by atoms with Gasteiger partial charge in [-0.05, 0) is 17.0 Å². The van der Waals surface area contributed by atoms with Crippen LogP contribution in [0.2, 0.25) is 0 Å². The number of amides is 1. The summed E-state index contributed by atoms with van der Waals surface area (Å²) in [6.07, 6.45) is -4.93. The highest BCUT2D eigenvalue weighted by atomic mass is 19.4. The van der Waals surface area contributed by atoms with Crippen molar-refractivity contribution in [1.82, 2.24) is 4.90 Å². The molecule has 0 aliphatic carbocycles. The first-order chi connectivity index (χ1) is 9.20. The number of nitrogens with zero attached hydrogens (tertiary/aromatic N) is 2. The Labute approximate surface area is 112 Å². The smallest absolute Gasteiger partial charge is 0.330 e. The van der Waals surface area contributed by atoms with Gasteiger partial charge in [-0.2, -0.15) is 13.2 Å². The highest BCUT2D eigenvalue weighted by Gasteiger charge is 2.44. The molecule has 108 valence electrons. The van der Waals surface area contributed by atoms with Crippen LogP contribution in [0.3, 0.4) is 0 Å². The Morgan fingerprint density at radius 2 is 2.10 bits per heavy atom. The number of hydrogen-bond donors (Lipinski definition) is 0. The predicted octanol–water partition coefficient (Wildman–Crippen LogP) is 2.60. The number of hydrogen-bond acceptors (Lipinski definition) is 3. The monoisotopic (exact) mass is 288 g/mol. The minimum absolute atomic E-state index is 0.0524. The van der Waals surface area contributed by atoms with Crippen molar-refractivity contribution in [3.05, 3.63) is 39.4 Å². The van der Waals surface area contributed by atoms with Crippen molar-refractivity contribution >= 4 is 11.6 Å². The summed E-state index contributed by atoms with van der Waals surface area (Å²) in [5, 5.41) is 10.7. The fraction of sp³-hybridized carbons (Fsp3) is 0.417. The van der Waals surface area contributed by atoms with Gasteiger partial charge in [0.05, 0.1) is 4.92 Å². The van der Waals surface area contributed by atoms with Gasteiger partial charge in [0.25, 0.3) is 5.69 Å². The van der Waals surface area contributed by atoms with Crippen LogP contribution in [0, 0.1) is 10.1 Å². The van der Waals surface area contributed by atoms with Crippen LogP contribution >= 0.6 is 0 Å². The van der Waals surface area contributed by atoms with E-state index < -0.39 is 17.0 Å². The van der Waals surface area contributed by atoms with E-state index in [0.29, 0.717) is 10.5 Å². The molecule has 1 aliphatic rings. The second kappa shape index (κ2) is 4.77. The molecule has 1 amide bonds. The molecule has 1 unspecified atom stereocenters. The Balaban J connectivity index is 2.34. The molecular formula is C12H11F3N2O3. The van der Waals surface area contributed by atoms with Gasteiger partial charge in [0.15, 0.2) is 0 Å². The molecule has 1 aromatic rings. The Morgan fingerprint density at radius 1 is 1.45 bits per heavy atom. The molecule has 5 nitrogen and oxygen atoms in total. The van der Waals surface area contributed by atoms with E-state index >= 15 is 0 Å². The molecule has 1 aromatic carbocycles. The standard InChI is InChI=1S/C12H11F3N2O3/c1-7-5-16(11(18)12(13,14)15)6-8-4-9(17(19)20)2-3-10(7)8/h2-4,7H,5-6H2,1H3. The number of benzene rings is 1. The highest BCUT2D eigenvalue weighted by Crippen LogP contribution is 2.32. The van der Waals surface area contributed by atoms with E-state index in [9.17, 15) is 28.1 Å². The minimum Gasteiger partial charge on any atom is -0.330 e.